The zero-order valence-corrected chi connectivity index (χ0v) is 13.3. The van der Waals surface area contributed by atoms with Crippen LogP contribution in [0.4, 0.5) is 0 Å². The molecule has 1 heterocycles. The summed E-state index contributed by atoms with van der Waals surface area (Å²) in [5, 5.41) is 15.4. The van der Waals surface area contributed by atoms with Gasteiger partial charge in [0.1, 0.15) is 0 Å². The van der Waals surface area contributed by atoms with E-state index in [-0.39, 0.29) is 5.41 Å². The van der Waals surface area contributed by atoms with Crippen molar-refractivity contribution in [2.45, 2.75) is 59.0 Å². The van der Waals surface area contributed by atoms with E-state index in [0.29, 0.717) is 12.0 Å². The molecule has 0 aliphatic heterocycles. The van der Waals surface area contributed by atoms with Crippen LogP contribution in [-0.4, -0.2) is 21.4 Å². The average molecular weight is 279 g/mol. The lowest BCUT2D eigenvalue weighted by atomic mass is 9.62. The summed E-state index contributed by atoms with van der Waals surface area (Å²) in [5.41, 5.74) is 8.24. The van der Waals surface area contributed by atoms with E-state index in [1.807, 2.05) is 13.2 Å². The van der Waals surface area contributed by atoms with Crippen LogP contribution in [0, 0.1) is 10.8 Å². The molecule has 1 fully saturated rings. The van der Waals surface area contributed by atoms with Crippen molar-refractivity contribution in [3.63, 3.8) is 0 Å². The van der Waals surface area contributed by atoms with Gasteiger partial charge in [-0.25, -0.2) is 0 Å². The molecule has 3 N–H and O–H groups in total. The molecule has 1 unspecified atom stereocenters. The van der Waals surface area contributed by atoms with Gasteiger partial charge in [0, 0.05) is 30.8 Å². The van der Waals surface area contributed by atoms with Crippen molar-refractivity contribution in [3.8, 4) is 0 Å². The van der Waals surface area contributed by atoms with Crippen molar-refractivity contribution in [3.05, 3.63) is 17.5 Å². The quantitative estimate of drug-likeness (QED) is 0.890. The third-order valence-corrected chi connectivity index (χ3v) is 5.15. The Hall–Kier alpha value is -0.870. The molecular formula is C16H29N3O. The van der Waals surface area contributed by atoms with Crippen LogP contribution >= 0.6 is 0 Å². The molecule has 4 heteroatoms. The van der Waals surface area contributed by atoms with E-state index in [1.54, 1.807) is 4.68 Å². The second-order valence-corrected chi connectivity index (χ2v) is 7.19. The van der Waals surface area contributed by atoms with Crippen molar-refractivity contribution >= 4 is 0 Å². The average Bonchev–Trinajstić information content (AvgIpc) is 2.80. The second kappa shape index (κ2) is 5.49. The van der Waals surface area contributed by atoms with Gasteiger partial charge in [0.25, 0.3) is 0 Å². The molecule has 1 saturated carbocycles. The number of rotatable bonds is 4. The highest BCUT2D eigenvalue weighted by Crippen LogP contribution is 2.51. The first-order valence-corrected chi connectivity index (χ1v) is 7.74. The van der Waals surface area contributed by atoms with Gasteiger partial charge in [0.15, 0.2) is 0 Å². The number of aromatic nitrogens is 2. The maximum Gasteiger partial charge on any atom is 0.0891 e. The summed E-state index contributed by atoms with van der Waals surface area (Å²) in [5.74, 6) is 0. The first kappa shape index (κ1) is 15.5. The molecule has 0 bridgehead atoms. The van der Waals surface area contributed by atoms with Crippen LogP contribution in [0.25, 0.3) is 0 Å². The SMILES string of the molecule is CCc1nn(C)cc1C(O)C1(CN)CCC(C)(C)CC1. The molecule has 1 aromatic heterocycles. The molecule has 2 rings (SSSR count). The molecule has 0 spiro atoms. The summed E-state index contributed by atoms with van der Waals surface area (Å²) in [4.78, 5) is 0. The number of aliphatic hydroxyl groups excluding tert-OH is 1. The minimum Gasteiger partial charge on any atom is -0.388 e. The number of aliphatic hydroxyl groups is 1. The highest BCUT2D eigenvalue weighted by Gasteiger charge is 2.44. The lowest BCUT2D eigenvalue weighted by molar-refractivity contribution is -0.0240. The summed E-state index contributed by atoms with van der Waals surface area (Å²) in [6.07, 6.45) is 6.56. The van der Waals surface area contributed by atoms with E-state index >= 15 is 0 Å². The summed E-state index contributed by atoms with van der Waals surface area (Å²) < 4.78 is 1.80. The van der Waals surface area contributed by atoms with Crippen molar-refractivity contribution in [2.75, 3.05) is 6.54 Å². The van der Waals surface area contributed by atoms with Crippen molar-refractivity contribution in [2.24, 2.45) is 23.6 Å². The molecule has 0 aromatic carbocycles. The van der Waals surface area contributed by atoms with E-state index in [2.05, 4.69) is 25.9 Å². The lowest BCUT2D eigenvalue weighted by Gasteiger charge is -2.45. The van der Waals surface area contributed by atoms with Crippen LogP contribution in [0.3, 0.4) is 0 Å². The molecule has 1 aliphatic carbocycles. The Balaban J connectivity index is 2.27. The van der Waals surface area contributed by atoms with Gasteiger partial charge in [-0.1, -0.05) is 20.8 Å². The Labute approximate surface area is 122 Å². The summed E-state index contributed by atoms with van der Waals surface area (Å²) in [6.45, 7) is 7.24. The Morgan fingerprint density at radius 3 is 2.45 bits per heavy atom. The third-order valence-electron chi connectivity index (χ3n) is 5.15. The smallest absolute Gasteiger partial charge is 0.0891 e. The second-order valence-electron chi connectivity index (χ2n) is 7.19. The molecule has 0 radical (unpaired) electrons. The predicted octanol–water partition coefficient (Wildman–Crippen LogP) is 2.56. The van der Waals surface area contributed by atoms with Crippen LogP contribution in [0.1, 0.15) is 63.8 Å². The summed E-state index contributed by atoms with van der Waals surface area (Å²) in [6, 6.07) is 0. The Kier molecular flexibility index (Phi) is 4.26. The molecule has 4 nitrogen and oxygen atoms in total. The fourth-order valence-electron chi connectivity index (χ4n) is 3.40. The summed E-state index contributed by atoms with van der Waals surface area (Å²) in [7, 11) is 1.91. The zero-order chi connectivity index (χ0) is 15.0. The highest BCUT2D eigenvalue weighted by atomic mass is 16.3. The third kappa shape index (κ3) is 2.77. The fourth-order valence-corrected chi connectivity index (χ4v) is 3.40. The van der Waals surface area contributed by atoms with E-state index in [4.69, 9.17) is 5.73 Å². The van der Waals surface area contributed by atoms with E-state index in [0.717, 1.165) is 43.4 Å². The van der Waals surface area contributed by atoms with Crippen molar-refractivity contribution in [1.29, 1.82) is 0 Å². The summed E-state index contributed by atoms with van der Waals surface area (Å²) >= 11 is 0. The Bertz CT molecular complexity index is 454. The first-order valence-electron chi connectivity index (χ1n) is 7.74. The van der Waals surface area contributed by atoms with Gasteiger partial charge in [-0.2, -0.15) is 5.10 Å². The van der Waals surface area contributed by atoms with Gasteiger partial charge >= 0.3 is 0 Å². The van der Waals surface area contributed by atoms with E-state index < -0.39 is 6.10 Å². The predicted molar refractivity (Wildman–Crippen MR) is 81.3 cm³/mol. The van der Waals surface area contributed by atoms with Gasteiger partial charge in [-0.3, -0.25) is 4.68 Å². The maximum atomic E-state index is 11.0. The van der Waals surface area contributed by atoms with Gasteiger partial charge < -0.3 is 10.8 Å². The highest BCUT2D eigenvalue weighted by molar-refractivity contribution is 5.23. The molecule has 1 aliphatic rings. The van der Waals surface area contributed by atoms with Gasteiger partial charge in [0.05, 0.1) is 11.8 Å². The normalized spacial score (nSPS) is 22.7. The van der Waals surface area contributed by atoms with Crippen LogP contribution in [-0.2, 0) is 13.5 Å². The van der Waals surface area contributed by atoms with Crippen molar-refractivity contribution < 1.29 is 5.11 Å². The molecule has 114 valence electrons. The zero-order valence-electron chi connectivity index (χ0n) is 13.3. The molecule has 1 atom stereocenters. The lowest BCUT2D eigenvalue weighted by Crippen LogP contribution is -2.42. The number of nitrogens with two attached hydrogens (primary N) is 1. The number of nitrogens with zero attached hydrogens (tertiary/aromatic N) is 2. The largest absolute Gasteiger partial charge is 0.388 e. The first-order chi connectivity index (χ1) is 9.33. The van der Waals surface area contributed by atoms with Gasteiger partial charge in [-0.05, 0) is 37.5 Å². The van der Waals surface area contributed by atoms with Crippen LogP contribution in [0.2, 0.25) is 0 Å². The molecule has 20 heavy (non-hydrogen) atoms. The van der Waals surface area contributed by atoms with E-state index in [9.17, 15) is 5.11 Å². The monoisotopic (exact) mass is 279 g/mol. The number of hydrogen-bond acceptors (Lipinski definition) is 3. The van der Waals surface area contributed by atoms with Crippen molar-refractivity contribution in [1.82, 2.24) is 9.78 Å². The topological polar surface area (TPSA) is 64.1 Å². The van der Waals surface area contributed by atoms with Crippen LogP contribution in [0.15, 0.2) is 6.20 Å². The number of aryl methyl sites for hydroxylation is 2. The van der Waals surface area contributed by atoms with E-state index in [1.165, 1.54) is 0 Å². The van der Waals surface area contributed by atoms with Crippen LogP contribution < -0.4 is 5.73 Å². The standard InChI is InChI=1S/C16H29N3O/c1-5-13-12(10-19(4)18-13)14(20)16(11-17)8-6-15(2,3)7-9-16/h10,14,20H,5-9,11,17H2,1-4H3. The molecule has 0 amide bonds. The number of hydrogen-bond donors (Lipinski definition) is 2. The minimum atomic E-state index is -0.493. The molecule has 0 saturated heterocycles. The Morgan fingerprint density at radius 2 is 1.95 bits per heavy atom. The fraction of sp³-hybridized carbons (Fsp3) is 0.812. The minimum absolute atomic E-state index is 0.178. The maximum absolute atomic E-state index is 11.0. The van der Waals surface area contributed by atoms with Crippen LogP contribution in [0.5, 0.6) is 0 Å². The van der Waals surface area contributed by atoms with Gasteiger partial charge in [0.2, 0.25) is 0 Å². The molecule has 1 aromatic rings. The van der Waals surface area contributed by atoms with Gasteiger partial charge in [-0.15, -0.1) is 0 Å². The Morgan fingerprint density at radius 1 is 1.35 bits per heavy atom. The molecular weight excluding hydrogens is 250 g/mol.